The Morgan fingerprint density at radius 3 is 3.19 bits per heavy atom. The van der Waals surface area contributed by atoms with Gasteiger partial charge in [-0.3, -0.25) is 0 Å². The highest BCUT2D eigenvalue weighted by molar-refractivity contribution is 6.29. The highest BCUT2D eigenvalue weighted by Crippen LogP contribution is 2.13. The fraction of sp³-hybridized carbons (Fsp3) is 0.727. The van der Waals surface area contributed by atoms with Gasteiger partial charge in [-0.1, -0.05) is 11.6 Å². The van der Waals surface area contributed by atoms with Crippen LogP contribution < -0.4 is 5.32 Å². The average Bonchev–Trinajstić information content (AvgIpc) is 2.62. The standard InChI is InChI=1S/C11H18ClN3O/c1-15-10(12)6-14-11(15)7-13-5-9-3-2-4-16-8-9/h6,9,13H,2-5,7-8H2,1H3. The Labute approximate surface area is 101 Å². The van der Waals surface area contributed by atoms with Crippen LogP contribution in [0.1, 0.15) is 18.7 Å². The monoisotopic (exact) mass is 243 g/mol. The summed E-state index contributed by atoms with van der Waals surface area (Å²) in [5.74, 6) is 1.62. The summed E-state index contributed by atoms with van der Waals surface area (Å²) in [7, 11) is 1.93. The maximum atomic E-state index is 5.91. The van der Waals surface area contributed by atoms with Crippen LogP contribution in [0.3, 0.4) is 0 Å². The van der Waals surface area contributed by atoms with Gasteiger partial charge < -0.3 is 14.6 Å². The molecule has 16 heavy (non-hydrogen) atoms. The van der Waals surface area contributed by atoms with Gasteiger partial charge in [0.15, 0.2) is 0 Å². The second kappa shape index (κ2) is 5.66. The summed E-state index contributed by atoms with van der Waals surface area (Å²) >= 11 is 5.91. The van der Waals surface area contributed by atoms with Gasteiger partial charge in [-0.05, 0) is 18.8 Å². The van der Waals surface area contributed by atoms with Gasteiger partial charge in [0.2, 0.25) is 0 Å². The molecule has 0 spiro atoms. The van der Waals surface area contributed by atoms with Crippen LogP contribution in [0.5, 0.6) is 0 Å². The molecular formula is C11H18ClN3O. The van der Waals surface area contributed by atoms with Gasteiger partial charge in [0.25, 0.3) is 0 Å². The van der Waals surface area contributed by atoms with E-state index in [2.05, 4.69) is 10.3 Å². The zero-order chi connectivity index (χ0) is 11.4. The number of nitrogens with one attached hydrogen (secondary N) is 1. The summed E-state index contributed by atoms with van der Waals surface area (Å²) in [5.41, 5.74) is 0. The van der Waals surface area contributed by atoms with E-state index in [9.17, 15) is 0 Å². The predicted molar refractivity (Wildman–Crippen MR) is 63.5 cm³/mol. The number of hydrogen-bond acceptors (Lipinski definition) is 3. The van der Waals surface area contributed by atoms with E-state index in [1.54, 1.807) is 6.20 Å². The fourth-order valence-corrected chi connectivity index (χ4v) is 2.09. The Morgan fingerprint density at radius 1 is 1.69 bits per heavy atom. The number of nitrogens with zero attached hydrogens (tertiary/aromatic N) is 2. The third-order valence-corrected chi connectivity index (χ3v) is 3.35. The first-order valence-electron chi connectivity index (χ1n) is 5.72. The summed E-state index contributed by atoms with van der Waals surface area (Å²) < 4.78 is 7.33. The molecule has 1 atom stereocenters. The third-order valence-electron chi connectivity index (χ3n) is 3.00. The molecule has 90 valence electrons. The lowest BCUT2D eigenvalue weighted by Gasteiger charge is -2.22. The van der Waals surface area contributed by atoms with Crippen LogP contribution in [0.15, 0.2) is 6.20 Å². The molecule has 0 radical (unpaired) electrons. The molecule has 1 aliphatic rings. The van der Waals surface area contributed by atoms with Crippen LogP contribution in [-0.2, 0) is 18.3 Å². The van der Waals surface area contributed by atoms with E-state index in [-0.39, 0.29) is 0 Å². The molecule has 2 heterocycles. The summed E-state index contributed by atoms with van der Waals surface area (Å²) in [6.07, 6.45) is 4.12. The van der Waals surface area contributed by atoms with Crippen LogP contribution in [0.4, 0.5) is 0 Å². The Balaban J connectivity index is 1.73. The molecule has 0 aliphatic carbocycles. The third kappa shape index (κ3) is 2.97. The Morgan fingerprint density at radius 2 is 2.56 bits per heavy atom. The second-order valence-electron chi connectivity index (χ2n) is 4.27. The number of imidazole rings is 1. The van der Waals surface area contributed by atoms with E-state index in [0.29, 0.717) is 11.1 Å². The quantitative estimate of drug-likeness (QED) is 0.873. The van der Waals surface area contributed by atoms with Gasteiger partial charge in [0.1, 0.15) is 11.0 Å². The molecule has 0 saturated carbocycles. The zero-order valence-corrected chi connectivity index (χ0v) is 10.3. The molecule has 5 heteroatoms. The van der Waals surface area contributed by atoms with Crippen molar-refractivity contribution < 1.29 is 4.74 Å². The van der Waals surface area contributed by atoms with Gasteiger partial charge in [-0.15, -0.1) is 0 Å². The van der Waals surface area contributed by atoms with Crippen molar-refractivity contribution in [2.45, 2.75) is 19.4 Å². The van der Waals surface area contributed by atoms with Crippen LogP contribution in [0, 0.1) is 5.92 Å². The smallest absolute Gasteiger partial charge is 0.128 e. The van der Waals surface area contributed by atoms with Crippen molar-refractivity contribution in [3.63, 3.8) is 0 Å². The Bertz CT molecular complexity index is 334. The zero-order valence-electron chi connectivity index (χ0n) is 9.58. The average molecular weight is 244 g/mol. The molecule has 1 unspecified atom stereocenters. The van der Waals surface area contributed by atoms with E-state index < -0.39 is 0 Å². The minimum atomic E-state index is 0.643. The molecule has 0 amide bonds. The maximum absolute atomic E-state index is 5.91. The summed E-state index contributed by atoms with van der Waals surface area (Å²) in [4.78, 5) is 4.24. The second-order valence-corrected chi connectivity index (χ2v) is 4.66. The fourth-order valence-electron chi connectivity index (χ4n) is 1.94. The van der Waals surface area contributed by atoms with Crippen LogP contribution in [-0.4, -0.2) is 29.3 Å². The van der Waals surface area contributed by atoms with Gasteiger partial charge in [-0.2, -0.15) is 0 Å². The van der Waals surface area contributed by atoms with Crippen LogP contribution >= 0.6 is 11.6 Å². The van der Waals surface area contributed by atoms with E-state index in [1.165, 1.54) is 12.8 Å². The van der Waals surface area contributed by atoms with Gasteiger partial charge in [0, 0.05) is 20.2 Å². The molecule has 1 saturated heterocycles. The van der Waals surface area contributed by atoms with E-state index >= 15 is 0 Å². The lowest BCUT2D eigenvalue weighted by molar-refractivity contribution is 0.0547. The summed E-state index contributed by atoms with van der Waals surface area (Å²) in [5, 5.41) is 4.08. The Hall–Kier alpha value is -0.580. The van der Waals surface area contributed by atoms with Gasteiger partial charge in [0.05, 0.1) is 19.3 Å². The minimum absolute atomic E-state index is 0.643. The number of rotatable bonds is 4. The van der Waals surface area contributed by atoms with Crippen molar-refractivity contribution >= 4 is 11.6 Å². The number of halogens is 1. The lowest BCUT2D eigenvalue weighted by atomic mass is 10.0. The molecule has 0 bridgehead atoms. The molecule has 1 N–H and O–H groups in total. The van der Waals surface area contributed by atoms with Crippen LogP contribution in [0.25, 0.3) is 0 Å². The van der Waals surface area contributed by atoms with Crippen molar-refractivity contribution in [3.05, 3.63) is 17.2 Å². The van der Waals surface area contributed by atoms with Crippen molar-refractivity contribution in [1.82, 2.24) is 14.9 Å². The molecule has 1 aromatic rings. The van der Waals surface area contributed by atoms with E-state index in [0.717, 1.165) is 32.1 Å². The van der Waals surface area contributed by atoms with Crippen molar-refractivity contribution in [3.8, 4) is 0 Å². The molecule has 1 fully saturated rings. The first kappa shape index (κ1) is 11.9. The predicted octanol–water partition coefficient (Wildman–Crippen LogP) is 1.59. The van der Waals surface area contributed by atoms with E-state index in [4.69, 9.17) is 16.3 Å². The molecular weight excluding hydrogens is 226 g/mol. The van der Waals surface area contributed by atoms with Crippen LogP contribution in [0.2, 0.25) is 5.15 Å². The molecule has 2 rings (SSSR count). The highest BCUT2D eigenvalue weighted by atomic mass is 35.5. The SMILES string of the molecule is Cn1c(Cl)cnc1CNCC1CCCOC1. The first-order valence-corrected chi connectivity index (χ1v) is 6.09. The normalized spacial score (nSPS) is 21.2. The topological polar surface area (TPSA) is 39.1 Å². The molecule has 1 aliphatic heterocycles. The van der Waals surface area contributed by atoms with Gasteiger partial charge in [-0.25, -0.2) is 4.98 Å². The highest BCUT2D eigenvalue weighted by Gasteiger charge is 2.13. The first-order chi connectivity index (χ1) is 7.77. The van der Waals surface area contributed by atoms with Crippen molar-refractivity contribution in [2.24, 2.45) is 13.0 Å². The van der Waals surface area contributed by atoms with Gasteiger partial charge >= 0.3 is 0 Å². The number of aromatic nitrogens is 2. The maximum Gasteiger partial charge on any atom is 0.128 e. The van der Waals surface area contributed by atoms with E-state index in [1.807, 2.05) is 11.6 Å². The molecule has 1 aromatic heterocycles. The molecule has 4 nitrogen and oxygen atoms in total. The summed E-state index contributed by atoms with van der Waals surface area (Å²) in [6, 6.07) is 0. The minimum Gasteiger partial charge on any atom is -0.381 e. The largest absolute Gasteiger partial charge is 0.381 e. The lowest BCUT2D eigenvalue weighted by Crippen LogP contribution is -2.29. The molecule has 0 aromatic carbocycles. The van der Waals surface area contributed by atoms with Crippen molar-refractivity contribution in [2.75, 3.05) is 19.8 Å². The van der Waals surface area contributed by atoms with Crippen molar-refractivity contribution in [1.29, 1.82) is 0 Å². The number of ether oxygens (including phenoxy) is 1. The Kier molecular flexibility index (Phi) is 4.21. The number of hydrogen-bond donors (Lipinski definition) is 1. The summed E-state index contributed by atoms with van der Waals surface area (Å²) in [6.45, 7) is 3.56.